The molecule has 0 saturated carbocycles. The zero-order valence-corrected chi connectivity index (χ0v) is 38.2. The Morgan fingerprint density at radius 2 is 1.20 bits per heavy atom. The predicted molar refractivity (Wildman–Crippen MR) is 227 cm³/mol. The molecule has 296 valence electrons. The smallest absolute Gasteiger partial charge is 0.331 e. The molecule has 2 N–H and O–H groups in total. The average molecular weight is 793 g/mol. The highest BCUT2D eigenvalue weighted by molar-refractivity contribution is 6.75. The van der Waals surface area contributed by atoms with Crippen LogP contribution in [0.2, 0.25) is 54.4 Å². The highest BCUT2D eigenvalue weighted by Crippen LogP contribution is 2.56. The van der Waals surface area contributed by atoms with E-state index in [0.29, 0.717) is 0 Å². The quantitative estimate of drug-likeness (QED) is 0.208. The summed E-state index contributed by atoms with van der Waals surface area (Å²) >= 11 is 0. The molecule has 2 aromatic carbocycles. The van der Waals surface area contributed by atoms with Crippen LogP contribution in [0.25, 0.3) is 12.2 Å². The van der Waals surface area contributed by atoms with Gasteiger partial charge in [-0.15, -0.1) is 0 Å². The Labute approximate surface area is 325 Å². The van der Waals surface area contributed by atoms with E-state index in [-0.39, 0.29) is 21.7 Å². The van der Waals surface area contributed by atoms with Crippen LogP contribution in [0, 0.1) is 0 Å². The zero-order valence-electron chi connectivity index (χ0n) is 35.2. The Hall–Kier alpha value is -2.85. The second-order valence-corrected chi connectivity index (χ2v) is 34.1. The number of hydrogen-bond acceptors (Lipinski definition) is 7. The largest absolute Gasteiger partial charge is 0.502 e. The molecule has 1 aromatic heterocycles. The van der Waals surface area contributed by atoms with Gasteiger partial charge in [-0.05, 0) is 76.7 Å². The predicted octanol–water partition coefficient (Wildman–Crippen LogP) is 9.41. The lowest BCUT2D eigenvalue weighted by molar-refractivity contribution is -0.156. The minimum absolute atomic E-state index is 0.0813. The number of fused-ring (bicyclic) bond motifs is 2. The third-order valence-electron chi connectivity index (χ3n) is 13.1. The van der Waals surface area contributed by atoms with Crippen molar-refractivity contribution in [3.8, 4) is 5.75 Å². The number of benzene rings is 2. The molecule has 0 bridgehead atoms. The van der Waals surface area contributed by atoms with Crippen molar-refractivity contribution >= 4 is 37.1 Å². The molecular weight excluding hydrogens is 729 g/mol. The molecule has 0 spiro atoms. The maximum atomic E-state index is 14.6. The number of aromatic amines is 1. The first-order valence-electron chi connectivity index (χ1n) is 19.2. The van der Waals surface area contributed by atoms with Crippen molar-refractivity contribution in [3.05, 3.63) is 97.8 Å². The molecule has 1 aliphatic heterocycles. The Balaban J connectivity index is 1.95. The van der Waals surface area contributed by atoms with Crippen LogP contribution in [0.4, 0.5) is 0 Å². The molecule has 12 heteroatoms. The summed E-state index contributed by atoms with van der Waals surface area (Å²) in [5.74, 6) is -1.26. The minimum Gasteiger partial charge on any atom is -0.502 e. The van der Waals surface area contributed by atoms with Gasteiger partial charge in [-0.3, -0.25) is 14.3 Å². The van der Waals surface area contributed by atoms with Gasteiger partial charge in [0.25, 0.3) is 5.56 Å². The van der Waals surface area contributed by atoms with E-state index in [0.717, 1.165) is 22.3 Å². The normalized spacial score (nSPS) is 22.9. The number of aromatic hydroxyl groups is 1. The van der Waals surface area contributed by atoms with Crippen molar-refractivity contribution in [2.45, 2.75) is 147 Å². The van der Waals surface area contributed by atoms with Gasteiger partial charge in [0.1, 0.15) is 18.3 Å². The van der Waals surface area contributed by atoms with E-state index in [2.05, 4.69) is 143 Å². The van der Waals surface area contributed by atoms with E-state index in [1.807, 2.05) is 24.3 Å². The van der Waals surface area contributed by atoms with E-state index in [9.17, 15) is 14.7 Å². The molecule has 0 unspecified atom stereocenters. The summed E-state index contributed by atoms with van der Waals surface area (Å²) in [5.41, 5.74) is 0.470. The van der Waals surface area contributed by atoms with Crippen LogP contribution in [-0.4, -0.2) is 64.5 Å². The lowest BCUT2D eigenvalue weighted by Crippen LogP contribution is -2.61. The van der Waals surface area contributed by atoms with Gasteiger partial charge in [0.05, 0.1) is 18.7 Å². The fraction of sp³-hybridized carbons (Fsp3) is 0.571. The fourth-order valence-electron chi connectivity index (χ4n) is 6.67. The van der Waals surface area contributed by atoms with Gasteiger partial charge in [0, 0.05) is 0 Å². The van der Waals surface area contributed by atoms with Crippen LogP contribution in [0.1, 0.15) is 90.5 Å². The van der Waals surface area contributed by atoms with Crippen molar-refractivity contribution < 1.29 is 23.1 Å². The topological polar surface area (TPSA) is 112 Å². The number of H-pyrrole nitrogens is 1. The summed E-state index contributed by atoms with van der Waals surface area (Å²) in [6, 6.07) is 16.3. The monoisotopic (exact) mass is 792 g/mol. The number of hydrogen-bond donors (Lipinski definition) is 2. The molecule has 0 radical (unpaired) electrons. The molecule has 5 rings (SSSR count). The van der Waals surface area contributed by atoms with Crippen LogP contribution in [-0.2, 0) is 23.7 Å². The minimum atomic E-state index is -2.72. The summed E-state index contributed by atoms with van der Waals surface area (Å²) in [7, 11) is -7.63. The molecular formula is C42H64N2O7Si3. The fourth-order valence-corrected chi connectivity index (χ4v) is 10.3. The lowest BCUT2D eigenvalue weighted by atomic mass is 9.77. The van der Waals surface area contributed by atoms with Crippen molar-refractivity contribution in [3.63, 3.8) is 0 Å². The summed E-state index contributed by atoms with van der Waals surface area (Å²) in [5, 5.41) is 10.7. The lowest BCUT2D eigenvalue weighted by Gasteiger charge is -2.49. The SMILES string of the molecule is CC(C)(C)[Si](C)(C)OC[C@H]1O[C@@](C2c3ccccc3C=Cc3ccccc32)(n2cc(O)c(=O)[nH]c2=O)[C@H](O[Si](C)(C)C(C)(C)C)[C@@H]1O[Si](C)(C)C(C)(C)C. The molecule has 54 heavy (non-hydrogen) atoms. The summed E-state index contributed by atoms with van der Waals surface area (Å²) in [4.78, 5) is 29.8. The van der Waals surface area contributed by atoms with Crippen molar-refractivity contribution in [2.24, 2.45) is 0 Å². The third kappa shape index (κ3) is 7.64. The van der Waals surface area contributed by atoms with E-state index in [4.69, 9.17) is 18.0 Å². The van der Waals surface area contributed by atoms with Crippen molar-refractivity contribution in [1.29, 1.82) is 0 Å². The van der Waals surface area contributed by atoms with Gasteiger partial charge in [0.15, 0.2) is 36.4 Å². The molecule has 3 aromatic rings. The maximum absolute atomic E-state index is 14.6. The third-order valence-corrected chi connectivity index (χ3v) is 26.5. The highest BCUT2D eigenvalue weighted by Gasteiger charge is 2.66. The Morgan fingerprint density at radius 1 is 0.741 bits per heavy atom. The maximum Gasteiger partial charge on any atom is 0.331 e. The number of ether oxygens (including phenoxy) is 1. The van der Waals surface area contributed by atoms with E-state index in [1.165, 1.54) is 10.8 Å². The first-order valence-corrected chi connectivity index (χ1v) is 28.0. The molecule has 0 amide bonds. The van der Waals surface area contributed by atoms with Gasteiger partial charge in [-0.2, -0.15) is 0 Å². The second kappa shape index (κ2) is 14.3. The van der Waals surface area contributed by atoms with Crippen LogP contribution >= 0.6 is 0 Å². The van der Waals surface area contributed by atoms with Gasteiger partial charge in [0.2, 0.25) is 0 Å². The zero-order chi connectivity index (χ0) is 40.4. The Kier molecular flexibility index (Phi) is 11.2. The van der Waals surface area contributed by atoms with Gasteiger partial charge in [-0.25, -0.2) is 4.79 Å². The molecule has 2 heterocycles. The Bertz CT molecular complexity index is 1950. The first-order chi connectivity index (χ1) is 24.6. The van der Waals surface area contributed by atoms with Crippen molar-refractivity contribution in [1.82, 2.24) is 9.55 Å². The van der Waals surface area contributed by atoms with E-state index in [1.54, 1.807) is 0 Å². The van der Waals surface area contributed by atoms with Gasteiger partial charge in [-0.1, -0.05) is 123 Å². The number of aromatic nitrogens is 2. The summed E-state index contributed by atoms with van der Waals surface area (Å²) in [6.45, 7) is 33.3. The summed E-state index contributed by atoms with van der Waals surface area (Å²) < 4.78 is 31.3. The molecule has 4 atom stereocenters. The number of nitrogens with zero attached hydrogens (tertiary/aromatic N) is 1. The van der Waals surface area contributed by atoms with Crippen molar-refractivity contribution in [2.75, 3.05) is 6.61 Å². The van der Waals surface area contributed by atoms with Crippen LogP contribution in [0.15, 0.2) is 64.3 Å². The van der Waals surface area contributed by atoms with Crippen LogP contribution in [0.5, 0.6) is 5.75 Å². The summed E-state index contributed by atoms with van der Waals surface area (Å²) in [6.07, 6.45) is 3.13. The van der Waals surface area contributed by atoms with Crippen LogP contribution < -0.4 is 11.2 Å². The van der Waals surface area contributed by atoms with Crippen LogP contribution in [0.3, 0.4) is 0 Å². The second-order valence-electron chi connectivity index (χ2n) is 19.8. The van der Waals surface area contributed by atoms with E-state index >= 15 is 0 Å². The molecule has 9 nitrogen and oxygen atoms in total. The average Bonchev–Trinajstić information content (AvgIpc) is 3.20. The number of rotatable bonds is 9. The first kappa shape index (κ1) is 42.3. The highest BCUT2D eigenvalue weighted by atomic mass is 28.4. The van der Waals surface area contributed by atoms with Gasteiger partial charge >= 0.3 is 5.69 Å². The number of nitrogens with one attached hydrogen (secondary N) is 1. The molecule has 1 aliphatic carbocycles. The van der Waals surface area contributed by atoms with Gasteiger partial charge < -0.3 is 23.1 Å². The molecule has 1 saturated heterocycles. The standard InChI is InChI=1S/C42H64N2O7Si3/c1-39(2,3)52(10,11)48-27-33-35(50-53(12,13)40(4,5)6)36(51-54(14,15)41(7,8)9)42(49-33,44-26-32(45)37(46)43-38(44)47)34-30-22-18-16-20-28(30)24-25-29-21-17-19-23-31(29)34/h16-26,33-36,45H,27H2,1-15H3,(H,43,46,47)/t33-,35-,36-,42-/m1/s1. The molecule has 2 aliphatic rings. The van der Waals surface area contributed by atoms with E-state index < -0.39 is 71.9 Å². The molecule has 1 fully saturated rings. The Morgan fingerprint density at radius 3 is 1.69 bits per heavy atom.